The maximum absolute atomic E-state index is 11.0. The first kappa shape index (κ1) is 13.1. The van der Waals surface area contributed by atoms with Gasteiger partial charge in [-0.05, 0) is 12.5 Å². The molecule has 0 fully saturated rings. The van der Waals surface area contributed by atoms with Gasteiger partial charge in [-0.25, -0.2) is 0 Å². The third-order valence-electron chi connectivity index (χ3n) is 2.13. The molecule has 0 radical (unpaired) electrons. The maximum Gasteiger partial charge on any atom is 0.157 e. The molecule has 0 aliphatic carbocycles. The Labute approximate surface area is 101 Å². The monoisotopic (exact) mass is 236 g/mol. The predicted octanol–water partition coefficient (Wildman–Crippen LogP) is 2.47. The van der Waals surface area contributed by atoms with Crippen molar-refractivity contribution in [2.24, 2.45) is 0 Å². The van der Waals surface area contributed by atoms with Gasteiger partial charge in [0.1, 0.15) is 23.9 Å². The molecule has 0 unspecified atom stereocenters. The number of hydrogen-bond acceptors (Lipinski definition) is 4. The molecule has 17 heavy (non-hydrogen) atoms. The van der Waals surface area contributed by atoms with Crippen molar-refractivity contribution in [3.63, 3.8) is 0 Å². The third-order valence-corrected chi connectivity index (χ3v) is 2.13. The minimum atomic E-state index is 0.344. The molecular weight excluding hydrogens is 220 g/mol. The quantitative estimate of drug-likeness (QED) is 0.562. The SMILES string of the molecule is C=C(C)COc1cc(OC)cc(OC)c1C=O. The Morgan fingerprint density at radius 3 is 2.41 bits per heavy atom. The van der Waals surface area contributed by atoms with Crippen LogP contribution in [0, 0.1) is 0 Å². The lowest BCUT2D eigenvalue weighted by molar-refractivity contribution is 0.111. The van der Waals surface area contributed by atoms with E-state index in [1.54, 1.807) is 12.1 Å². The second-order valence-electron chi connectivity index (χ2n) is 3.61. The lowest BCUT2D eigenvalue weighted by Crippen LogP contribution is -2.02. The number of hydrogen-bond donors (Lipinski definition) is 0. The van der Waals surface area contributed by atoms with Gasteiger partial charge < -0.3 is 14.2 Å². The molecule has 0 aliphatic heterocycles. The van der Waals surface area contributed by atoms with Crippen molar-refractivity contribution < 1.29 is 19.0 Å². The number of carbonyl (C=O) groups is 1. The van der Waals surface area contributed by atoms with Gasteiger partial charge in [-0.15, -0.1) is 0 Å². The van der Waals surface area contributed by atoms with Crippen LogP contribution in [0.3, 0.4) is 0 Å². The molecule has 0 aromatic heterocycles. The Bertz CT molecular complexity index is 424. The van der Waals surface area contributed by atoms with Gasteiger partial charge in [-0.1, -0.05) is 6.58 Å². The molecule has 0 atom stereocenters. The van der Waals surface area contributed by atoms with Crippen molar-refractivity contribution in [1.29, 1.82) is 0 Å². The zero-order valence-corrected chi connectivity index (χ0v) is 10.3. The van der Waals surface area contributed by atoms with E-state index in [-0.39, 0.29) is 0 Å². The van der Waals surface area contributed by atoms with E-state index in [4.69, 9.17) is 14.2 Å². The fraction of sp³-hybridized carbons (Fsp3) is 0.308. The molecule has 0 spiro atoms. The van der Waals surface area contributed by atoms with Gasteiger partial charge in [0.15, 0.2) is 6.29 Å². The lowest BCUT2D eigenvalue weighted by atomic mass is 10.2. The molecule has 1 aromatic rings. The number of carbonyl (C=O) groups excluding carboxylic acids is 1. The average molecular weight is 236 g/mol. The summed E-state index contributed by atoms with van der Waals surface area (Å²) in [5.41, 5.74) is 1.23. The van der Waals surface area contributed by atoms with Crippen molar-refractivity contribution in [1.82, 2.24) is 0 Å². The normalized spacial score (nSPS) is 9.59. The highest BCUT2D eigenvalue weighted by Gasteiger charge is 2.12. The van der Waals surface area contributed by atoms with Crippen LogP contribution >= 0.6 is 0 Å². The van der Waals surface area contributed by atoms with Crippen LogP contribution in [0.4, 0.5) is 0 Å². The zero-order chi connectivity index (χ0) is 12.8. The summed E-state index contributed by atoms with van der Waals surface area (Å²) >= 11 is 0. The standard InChI is InChI=1S/C13H16O4/c1-9(2)8-17-13-6-10(15-3)5-12(16-4)11(13)7-14/h5-7H,1,8H2,2-4H3. The van der Waals surface area contributed by atoms with Gasteiger partial charge >= 0.3 is 0 Å². The van der Waals surface area contributed by atoms with E-state index in [9.17, 15) is 4.79 Å². The summed E-state index contributed by atoms with van der Waals surface area (Å²) in [7, 11) is 3.03. The topological polar surface area (TPSA) is 44.8 Å². The lowest BCUT2D eigenvalue weighted by Gasteiger charge is -2.13. The molecule has 0 aliphatic rings. The number of rotatable bonds is 6. The highest BCUT2D eigenvalue weighted by Crippen LogP contribution is 2.32. The number of benzene rings is 1. The summed E-state index contributed by atoms with van der Waals surface area (Å²) in [4.78, 5) is 11.0. The van der Waals surface area contributed by atoms with E-state index in [1.165, 1.54) is 14.2 Å². The van der Waals surface area contributed by atoms with E-state index in [0.29, 0.717) is 35.7 Å². The van der Waals surface area contributed by atoms with Crippen LogP contribution < -0.4 is 14.2 Å². The first-order valence-electron chi connectivity index (χ1n) is 5.10. The second-order valence-corrected chi connectivity index (χ2v) is 3.61. The molecule has 4 nitrogen and oxygen atoms in total. The van der Waals surface area contributed by atoms with Gasteiger partial charge in [0.2, 0.25) is 0 Å². The van der Waals surface area contributed by atoms with E-state index < -0.39 is 0 Å². The van der Waals surface area contributed by atoms with E-state index >= 15 is 0 Å². The maximum atomic E-state index is 11.0. The minimum absolute atomic E-state index is 0.344. The van der Waals surface area contributed by atoms with E-state index in [2.05, 4.69) is 6.58 Å². The van der Waals surface area contributed by atoms with Gasteiger partial charge in [0.25, 0.3) is 0 Å². The summed E-state index contributed by atoms with van der Waals surface area (Å²) in [5, 5.41) is 0. The van der Waals surface area contributed by atoms with Crippen LogP contribution in [0.5, 0.6) is 17.2 Å². The molecule has 0 amide bonds. The van der Waals surface area contributed by atoms with Crippen LogP contribution in [0.1, 0.15) is 17.3 Å². The molecule has 0 N–H and O–H groups in total. The van der Waals surface area contributed by atoms with Crippen LogP contribution in [-0.4, -0.2) is 27.1 Å². The summed E-state index contributed by atoms with van der Waals surface area (Å²) in [5.74, 6) is 1.43. The number of ether oxygens (including phenoxy) is 3. The second kappa shape index (κ2) is 5.94. The average Bonchev–Trinajstić information content (AvgIpc) is 2.34. The van der Waals surface area contributed by atoms with Crippen molar-refractivity contribution in [2.75, 3.05) is 20.8 Å². The summed E-state index contributed by atoms with van der Waals surface area (Å²) in [6.07, 6.45) is 0.700. The molecule has 0 saturated carbocycles. The number of methoxy groups -OCH3 is 2. The van der Waals surface area contributed by atoms with Gasteiger partial charge in [0.05, 0.1) is 19.8 Å². The van der Waals surface area contributed by atoms with E-state index in [0.717, 1.165) is 5.57 Å². The van der Waals surface area contributed by atoms with E-state index in [1.807, 2.05) is 6.92 Å². The Kier molecular flexibility index (Phi) is 4.57. The van der Waals surface area contributed by atoms with Gasteiger partial charge in [-0.2, -0.15) is 0 Å². The van der Waals surface area contributed by atoms with Crippen molar-refractivity contribution in [2.45, 2.75) is 6.92 Å². The summed E-state index contributed by atoms with van der Waals surface area (Å²) in [6, 6.07) is 3.28. The Morgan fingerprint density at radius 2 is 1.94 bits per heavy atom. The highest BCUT2D eigenvalue weighted by atomic mass is 16.5. The summed E-state index contributed by atoms with van der Waals surface area (Å²) in [6.45, 7) is 5.92. The molecule has 0 heterocycles. The van der Waals surface area contributed by atoms with Crippen molar-refractivity contribution >= 4 is 6.29 Å². The Morgan fingerprint density at radius 1 is 1.29 bits per heavy atom. The molecular formula is C13H16O4. The third kappa shape index (κ3) is 3.24. The highest BCUT2D eigenvalue weighted by molar-refractivity contribution is 5.84. The molecule has 92 valence electrons. The molecule has 1 rings (SSSR count). The molecule has 1 aromatic carbocycles. The Balaban J connectivity index is 3.14. The van der Waals surface area contributed by atoms with Crippen LogP contribution in [0.15, 0.2) is 24.3 Å². The minimum Gasteiger partial charge on any atom is -0.496 e. The number of aldehydes is 1. The van der Waals surface area contributed by atoms with Crippen molar-refractivity contribution in [3.05, 3.63) is 29.8 Å². The Hall–Kier alpha value is -1.97. The van der Waals surface area contributed by atoms with Crippen LogP contribution in [0.2, 0.25) is 0 Å². The first-order chi connectivity index (χ1) is 8.12. The predicted molar refractivity (Wildman–Crippen MR) is 65.2 cm³/mol. The van der Waals surface area contributed by atoms with Gasteiger partial charge in [0, 0.05) is 12.1 Å². The smallest absolute Gasteiger partial charge is 0.157 e. The zero-order valence-electron chi connectivity index (χ0n) is 10.3. The first-order valence-corrected chi connectivity index (χ1v) is 5.10. The van der Waals surface area contributed by atoms with Gasteiger partial charge in [-0.3, -0.25) is 4.79 Å². The van der Waals surface area contributed by atoms with Crippen LogP contribution in [0.25, 0.3) is 0 Å². The molecule has 0 saturated heterocycles. The van der Waals surface area contributed by atoms with Crippen LogP contribution in [-0.2, 0) is 0 Å². The van der Waals surface area contributed by atoms with Crippen molar-refractivity contribution in [3.8, 4) is 17.2 Å². The molecule has 4 heteroatoms. The fourth-order valence-corrected chi connectivity index (χ4v) is 1.30. The summed E-state index contributed by atoms with van der Waals surface area (Å²) < 4.78 is 15.7. The fourth-order valence-electron chi connectivity index (χ4n) is 1.30. The largest absolute Gasteiger partial charge is 0.496 e. The molecule has 0 bridgehead atoms.